The number of carbonyl (C=O) groups is 2. The fourth-order valence-corrected chi connectivity index (χ4v) is 4.27. The molecule has 1 heterocycles. The van der Waals surface area contributed by atoms with Crippen LogP contribution in [0.1, 0.15) is 27.7 Å². The summed E-state index contributed by atoms with van der Waals surface area (Å²) < 4.78 is 0. The first-order valence-electron chi connectivity index (χ1n) is 10.2. The summed E-state index contributed by atoms with van der Waals surface area (Å²) in [7, 11) is 1.78. The fourth-order valence-electron chi connectivity index (χ4n) is 4.09. The van der Waals surface area contributed by atoms with Crippen molar-refractivity contribution in [2.75, 3.05) is 26.7 Å². The molecule has 7 nitrogen and oxygen atoms in total. The summed E-state index contributed by atoms with van der Waals surface area (Å²) >= 11 is 6.05. The molecule has 0 radical (unpaired) electrons. The Morgan fingerprint density at radius 3 is 2.81 bits per heavy atom. The number of nitrogens with zero attached hydrogens (tertiary/aromatic N) is 1. The maximum atomic E-state index is 13.0. The van der Waals surface area contributed by atoms with Gasteiger partial charge in [-0.25, -0.2) is 0 Å². The molecule has 0 saturated heterocycles. The molecule has 0 unspecified atom stereocenters. The van der Waals surface area contributed by atoms with Crippen LogP contribution in [0.3, 0.4) is 0 Å². The Morgan fingerprint density at radius 1 is 1.19 bits per heavy atom. The Balaban J connectivity index is 1.51. The zero-order valence-corrected chi connectivity index (χ0v) is 17.9. The summed E-state index contributed by atoms with van der Waals surface area (Å²) in [5, 5.41) is 16.7. The highest BCUT2D eigenvalue weighted by Crippen LogP contribution is 2.31. The number of carbonyl (C=O) groups excluding carboxylic acids is 2. The Morgan fingerprint density at radius 2 is 2.00 bits per heavy atom. The van der Waals surface area contributed by atoms with Gasteiger partial charge in [0.2, 0.25) is 5.91 Å². The molecule has 2 aromatic carbocycles. The Bertz CT molecular complexity index is 1110. The number of likely N-dealkylation sites (N-methyl/N-ethyl adjacent to an activating group) is 1. The number of hydrogen-bond donors (Lipinski definition) is 4. The number of amides is 2. The van der Waals surface area contributed by atoms with Crippen molar-refractivity contribution in [3.63, 3.8) is 0 Å². The molecule has 3 aromatic rings. The molecule has 8 heteroatoms. The zero-order valence-electron chi connectivity index (χ0n) is 17.2. The number of aromatic amines is 1. The molecule has 0 fully saturated rings. The van der Waals surface area contributed by atoms with E-state index >= 15 is 0 Å². The molecule has 0 spiro atoms. The molecule has 2 atom stereocenters. The lowest BCUT2D eigenvalue weighted by atomic mass is 10.1. The predicted molar refractivity (Wildman–Crippen MR) is 120 cm³/mol. The van der Waals surface area contributed by atoms with Crippen LogP contribution in [0.4, 0.5) is 0 Å². The van der Waals surface area contributed by atoms with Crippen molar-refractivity contribution < 1.29 is 14.7 Å². The minimum Gasteiger partial charge on any atom is -0.395 e. The van der Waals surface area contributed by atoms with Gasteiger partial charge in [-0.2, -0.15) is 0 Å². The molecular weight excluding hydrogens is 416 g/mol. The van der Waals surface area contributed by atoms with E-state index in [1.165, 1.54) is 0 Å². The number of nitrogens with one attached hydrogen (secondary N) is 3. The van der Waals surface area contributed by atoms with Crippen LogP contribution < -0.4 is 10.6 Å². The predicted octanol–water partition coefficient (Wildman–Crippen LogP) is 2.26. The van der Waals surface area contributed by atoms with Gasteiger partial charge in [0.15, 0.2) is 0 Å². The number of H-pyrrole nitrogens is 1. The number of benzene rings is 2. The lowest BCUT2D eigenvalue weighted by Crippen LogP contribution is -2.46. The van der Waals surface area contributed by atoms with E-state index in [0.29, 0.717) is 23.7 Å². The van der Waals surface area contributed by atoms with Crippen molar-refractivity contribution in [2.45, 2.75) is 18.5 Å². The zero-order chi connectivity index (χ0) is 22.0. The second-order valence-electron chi connectivity index (χ2n) is 7.90. The quantitative estimate of drug-likeness (QED) is 0.453. The van der Waals surface area contributed by atoms with E-state index in [0.717, 1.165) is 22.0 Å². The molecule has 1 aromatic heterocycles. The first kappa shape index (κ1) is 21.4. The third-order valence-corrected chi connectivity index (χ3v) is 5.82. The first-order chi connectivity index (χ1) is 14.9. The third-order valence-electron chi connectivity index (χ3n) is 5.59. The standard InChI is InChI=1S/C23H25ClN4O3/c1-28(8-9-29)13-21(30)27-22-17-5-3-2-4-14(17)11-19(22)26-23(31)20-12-15-10-16(24)6-7-18(15)25-20/h2-7,10,12,19,22,25,29H,8-9,11,13H2,1H3,(H,26,31)(H,27,30)/t19-,22-/m1/s1. The average molecular weight is 441 g/mol. The van der Waals surface area contributed by atoms with Gasteiger partial charge in [0.05, 0.1) is 25.2 Å². The monoisotopic (exact) mass is 440 g/mol. The normalized spacial score (nSPS) is 17.7. The van der Waals surface area contributed by atoms with Crippen LogP contribution in [-0.4, -0.2) is 59.6 Å². The number of aliphatic hydroxyl groups is 1. The molecule has 4 N–H and O–H groups in total. The van der Waals surface area contributed by atoms with Gasteiger partial charge in [0.25, 0.3) is 5.91 Å². The molecule has 0 bridgehead atoms. The lowest BCUT2D eigenvalue weighted by Gasteiger charge is -2.24. The molecule has 162 valence electrons. The summed E-state index contributed by atoms with van der Waals surface area (Å²) in [6, 6.07) is 14.5. The lowest BCUT2D eigenvalue weighted by molar-refractivity contribution is -0.122. The van der Waals surface area contributed by atoms with Crippen molar-refractivity contribution in [3.8, 4) is 0 Å². The van der Waals surface area contributed by atoms with E-state index < -0.39 is 0 Å². The van der Waals surface area contributed by atoms with Crippen LogP contribution in [0.2, 0.25) is 5.02 Å². The topological polar surface area (TPSA) is 97.5 Å². The number of fused-ring (bicyclic) bond motifs is 2. The molecule has 2 amide bonds. The van der Waals surface area contributed by atoms with Gasteiger partial charge >= 0.3 is 0 Å². The Kier molecular flexibility index (Phi) is 6.27. The summed E-state index contributed by atoms with van der Waals surface area (Å²) in [5.74, 6) is -0.390. The van der Waals surface area contributed by atoms with Crippen LogP contribution in [0, 0.1) is 0 Å². The van der Waals surface area contributed by atoms with Crippen molar-refractivity contribution in [1.82, 2.24) is 20.5 Å². The van der Waals surface area contributed by atoms with Crippen LogP contribution in [0.5, 0.6) is 0 Å². The van der Waals surface area contributed by atoms with Gasteiger partial charge in [-0.3, -0.25) is 14.5 Å². The van der Waals surface area contributed by atoms with Gasteiger partial charge in [-0.15, -0.1) is 0 Å². The van der Waals surface area contributed by atoms with Gasteiger partial charge in [-0.05, 0) is 48.9 Å². The Labute approximate surface area is 185 Å². The van der Waals surface area contributed by atoms with Crippen LogP contribution in [-0.2, 0) is 11.2 Å². The smallest absolute Gasteiger partial charge is 0.268 e. The molecule has 1 aliphatic carbocycles. The molecule has 1 aliphatic rings. The van der Waals surface area contributed by atoms with Gasteiger partial charge < -0.3 is 20.7 Å². The van der Waals surface area contributed by atoms with E-state index in [1.807, 2.05) is 36.4 Å². The third kappa shape index (κ3) is 4.74. The van der Waals surface area contributed by atoms with Crippen molar-refractivity contribution in [1.29, 1.82) is 0 Å². The first-order valence-corrected chi connectivity index (χ1v) is 10.6. The summed E-state index contributed by atoms with van der Waals surface area (Å²) in [5.41, 5.74) is 3.39. The maximum Gasteiger partial charge on any atom is 0.268 e. The number of aromatic nitrogens is 1. The van der Waals surface area contributed by atoms with Crippen molar-refractivity contribution in [3.05, 3.63) is 70.4 Å². The largest absolute Gasteiger partial charge is 0.395 e. The van der Waals surface area contributed by atoms with Gasteiger partial charge in [-0.1, -0.05) is 35.9 Å². The summed E-state index contributed by atoms with van der Waals surface area (Å²) in [6.07, 6.45) is 0.630. The highest BCUT2D eigenvalue weighted by molar-refractivity contribution is 6.31. The van der Waals surface area contributed by atoms with E-state index in [9.17, 15) is 9.59 Å². The average Bonchev–Trinajstić information content (AvgIpc) is 3.29. The number of halogens is 1. The second-order valence-corrected chi connectivity index (χ2v) is 8.34. The molecular formula is C23H25ClN4O3. The van der Waals surface area contributed by atoms with Crippen LogP contribution in [0.25, 0.3) is 10.9 Å². The summed E-state index contributed by atoms with van der Waals surface area (Å²) in [6.45, 7) is 0.576. The van der Waals surface area contributed by atoms with E-state index in [-0.39, 0.29) is 37.0 Å². The van der Waals surface area contributed by atoms with Crippen molar-refractivity contribution >= 4 is 34.3 Å². The van der Waals surface area contributed by atoms with Crippen LogP contribution in [0.15, 0.2) is 48.5 Å². The van der Waals surface area contributed by atoms with Gasteiger partial charge in [0.1, 0.15) is 5.69 Å². The molecule has 31 heavy (non-hydrogen) atoms. The SMILES string of the molecule is CN(CCO)CC(=O)N[C@@H]1c2ccccc2C[C@H]1NC(=O)c1cc2cc(Cl)ccc2[nH]1. The fraction of sp³-hybridized carbons (Fsp3) is 0.304. The highest BCUT2D eigenvalue weighted by Gasteiger charge is 2.34. The summed E-state index contributed by atoms with van der Waals surface area (Å²) in [4.78, 5) is 30.4. The van der Waals surface area contributed by atoms with E-state index in [4.69, 9.17) is 16.7 Å². The number of hydrogen-bond acceptors (Lipinski definition) is 4. The highest BCUT2D eigenvalue weighted by atomic mass is 35.5. The minimum absolute atomic E-state index is 0.00949. The maximum absolute atomic E-state index is 13.0. The minimum atomic E-state index is -0.325. The van der Waals surface area contributed by atoms with Crippen molar-refractivity contribution in [2.24, 2.45) is 0 Å². The van der Waals surface area contributed by atoms with Gasteiger partial charge in [0, 0.05) is 22.5 Å². The molecule has 4 rings (SSSR count). The number of rotatable bonds is 7. The van der Waals surface area contributed by atoms with E-state index in [1.54, 1.807) is 24.1 Å². The Hall–Kier alpha value is -2.87. The second kappa shape index (κ2) is 9.09. The molecule has 0 saturated carbocycles. The molecule has 0 aliphatic heterocycles. The van der Waals surface area contributed by atoms with E-state index in [2.05, 4.69) is 15.6 Å². The van der Waals surface area contributed by atoms with Crippen LogP contribution >= 0.6 is 11.6 Å². The number of aliphatic hydroxyl groups excluding tert-OH is 1.